The summed E-state index contributed by atoms with van der Waals surface area (Å²) in [5, 5.41) is 12.0. The van der Waals surface area contributed by atoms with E-state index in [1.54, 1.807) is 30.2 Å². The van der Waals surface area contributed by atoms with Gasteiger partial charge in [0.2, 0.25) is 0 Å². The van der Waals surface area contributed by atoms with Crippen molar-refractivity contribution in [2.75, 3.05) is 7.11 Å². The number of ether oxygens (including phenoxy) is 1. The highest BCUT2D eigenvalue weighted by molar-refractivity contribution is 7.98. The van der Waals surface area contributed by atoms with Gasteiger partial charge in [-0.1, -0.05) is 30.8 Å². The largest absolute Gasteiger partial charge is 0.497 e. The van der Waals surface area contributed by atoms with Crippen LogP contribution in [0.5, 0.6) is 5.75 Å². The summed E-state index contributed by atoms with van der Waals surface area (Å²) < 4.78 is 7.47. The molecule has 2 aromatic heterocycles. The van der Waals surface area contributed by atoms with Crippen LogP contribution in [-0.4, -0.2) is 21.9 Å². The van der Waals surface area contributed by atoms with Crippen LogP contribution < -0.4 is 4.74 Å². The molecule has 1 aromatic carbocycles. The third-order valence-corrected chi connectivity index (χ3v) is 5.91. The number of aryl methyl sites for hydroxylation is 1. The smallest absolute Gasteiger partial charge is 0.191 e. The normalized spacial score (nSPS) is 11.0. The van der Waals surface area contributed by atoms with Crippen LogP contribution >= 0.6 is 23.1 Å². The summed E-state index contributed by atoms with van der Waals surface area (Å²) in [7, 11) is 1.69. The topological polar surface area (TPSA) is 39.9 Å². The van der Waals surface area contributed by atoms with Gasteiger partial charge in [0.25, 0.3) is 0 Å². The van der Waals surface area contributed by atoms with Gasteiger partial charge in [-0.3, -0.25) is 0 Å². The number of nitrogens with zero attached hydrogens (tertiary/aromatic N) is 3. The molecular formula is C18H21N3OS2. The van der Waals surface area contributed by atoms with Crippen molar-refractivity contribution in [2.45, 2.75) is 37.7 Å². The Morgan fingerprint density at radius 1 is 1.21 bits per heavy atom. The van der Waals surface area contributed by atoms with Crippen molar-refractivity contribution in [3.8, 4) is 17.1 Å². The van der Waals surface area contributed by atoms with Crippen LogP contribution in [0.15, 0.2) is 40.9 Å². The second-order valence-corrected chi connectivity index (χ2v) is 7.28. The molecule has 3 rings (SSSR count). The lowest BCUT2D eigenvalue weighted by Gasteiger charge is -2.07. The Bertz CT molecular complexity index is 810. The molecule has 0 radical (unpaired) electrons. The summed E-state index contributed by atoms with van der Waals surface area (Å²) in [6.07, 6.45) is 1.06. The van der Waals surface area contributed by atoms with Crippen molar-refractivity contribution in [1.82, 2.24) is 14.8 Å². The third-order valence-electron chi connectivity index (χ3n) is 3.80. The molecule has 0 fully saturated rings. The molecule has 126 valence electrons. The van der Waals surface area contributed by atoms with Crippen LogP contribution in [0.3, 0.4) is 0 Å². The van der Waals surface area contributed by atoms with E-state index in [-0.39, 0.29) is 0 Å². The van der Waals surface area contributed by atoms with E-state index in [1.807, 2.05) is 12.1 Å². The molecule has 0 aliphatic rings. The summed E-state index contributed by atoms with van der Waals surface area (Å²) in [5.74, 6) is 2.69. The van der Waals surface area contributed by atoms with E-state index in [2.05, 4.69) is 52.2 Å². The van der Waals surface area contributed by atoms with Gasteiger partial charge in [-0.25, -0.2) is 0 Å². The number of benzene rings is 1. The number of rotatable bonds is 7. The van der Waals surface area contributed by atoms with E-state index in [9.17, 15) is 0 Å². The predicted molar refractivity (Wildman–Crippen MR) is 101 cm³/mol. The van der Waals surface area contributed by atoms with Crippen molar-refractivity contribution in [3.63, 3.8) is 0 Å². The maximum Gasteiger partial charge on any atom is 0.191 e. The van der Waals surface area contributed by atoms with Crippen LogP contribution in [0.4, 0.5) is 0 Å². The van der Waals surface area contributed by atoms with Gasteiger partial charge in [-0.2, -0.15) is 0 Å². The summed E-state index contributed by atoms with van der Waals surface area (Å²) in [6.45, 7) is 5.17. The first-order chi connectivity index (χ1) is 11.7. The van der Waals surface area contributed by atoms with Crippen LogP contribution in [-0.2, 0) is 18.7 Å². The lowest BCUT2D eigenvalue weighted by molar-refractivity contribution is 0.414. The maximum atomic E-state index is 5.29. The Balaban J connectivity index is 1.78. The summed E-state index contributed by atoms with van der Waals surface area (Å²) >= 11 is 3.49. The maximum absolute atomic E-state index is 5.29. The standard InChI is InChI=1S/C18H21N3OS2/c1-4-16-10-14(12-23-16)17-19-20-18(21(17)5-2)24-11-13-7-6-8-15(9-13)22-3/h6-10,12H,4-5,11H2,1-3H3. The van der Waals surface area contributed by atoms with Crippen molar-refractivity contribution >= 4 is 23.1 Å². The molecule has 0 unspecified atom stereocenters. The molecule has 6 heteroatoms. The summed E-state index contributed by atoms with van der Waals surface area (Å²) in [5.41, 5.74) is 2.38. The van der Waals surface area contributed by atoms with Crippen LogP contribution in [0, 0.1) is 0 Å². The molecule has 0 saturated carbocycles. The number of methoxy groups -OCH3 is 1. The first-order valence-corrected chi connectivity index (χ1v) is 9.88. The molecule has 4 nitrogen and oxygen atoms in total. The molecular weight excluding hydrogens is 338 g/mol. The molecule has 0 saturated heterocycles. The van der Waals surface area contributed by atoms with Crippen LogP contribution in [0.25, 0.3) is 11.4 Å². The van der Waals surface area contributed by atoms with Crippen LogP contribution in [0.1, 0.15) is 24.3 Å². The van der Waals surface area contributed by atoms with Crippen molar-refractivity contribution < 1.29 is 4.74 Å². The lowest BCUT2D eigenvalue weighted by atomic mass is 10.2. The van der Waals surface area contributed by atoms with Crippen molar-refractivity contribution in [2.24, 2.45) is 0 Å². The minimum atomic E-state index is 0.846. The van der Waals surface area contributed by atoms with Gasteiger partial charge in [-0.05, 0) is 37.1 Å². The van der Waals surface area contributed by atoms with Gasteiger partial charge >= 0.3 is 0 Å². The second-order valence-electron chi connectivity index (χ2n) is 5.35. The van der Waals surface area contributed by atoms with Gasteiger partial charge in [0.1, 0.15) is 5.75 Å². The zero-order valence-electron chi connectivity index (χ0n) is 14.2. The van der Waals surface area contributed by atoms with Gasteiger partial charge in [0, 0.05) is 28.1 Å². The van der Waals surface area contributed by atoms with E-state index in [0.717, 1.165) is 35.4 Å². The highest BCUT2D eigenvalue weighted by atomic mass is 32.2. The molecule has 0 spiro atoms. The highest BCUT2D eigenvalue weighted by Crippen LogP contribution is 2.29. The monoisotopic (exact) mass is 359 g/mol. The van der Waals surface area contributed by atoms with Gasteiger partial charge in [0.15, 0.2) is 11.0 Å². The SMILES string of the molecule is CCc1cc(-c2nnc(SCc3cccc(OC)c3)n2CC)cs1. The van der Waals surface area contributed by atoms with E-state index >= 15 is 0 Å². The molecule has 24 heavy (non-hydrogen) atoms. The Hall–Kier alpha value is -1.79. The quantitative estimate of drug-likeness (QED) is 0.563. The zero-order valence-corrected chi connectivity index (χ0v) is 15.8. The highest BCUT2D eigenvalue weighted by Gasteiger charge is 2.14. The first-order valence-electron chi connectivity index (χ1n) is 8.01. The first kappa shape index (κ1) is 17.0. The van der Waals surface area contributed by atoms with E-state index in [4.69, 9.17) is 4.74 Å². The minimum absolute atomic E-state index is 0.846. The average molecular weight is 360 g/mol. The fourth-order valence-electron chi connectivity index (χ4n) is 2.49. The molecule has 2 heterocycles. The second kappa shape index (κ2) is 7.85. The van der Waals surface area contributed by atoms with Crippen molar-refractivity contribution in [1.29, 1.82) is 0 Å². The Morgan fingerprint density at radius 3 is 2.79 bits per heavy atom. The summed E-state index contributed by atoms with van der Waals surface area (Å²) in [4.78, 5) is 1.38. The minimum Gasteiger partial charge on any atom is -0.497 e. The molecule has 0 bridgehead atoms. The van der Waals surface area contributed by atoms with E-state index in [0.29, 0.717) is 0 Å². The third kappa shape index (κ3) is 3.65. The zero-order chi connectivity index (χ0) is 16.9. The fraction of sp³-hybridized carbons (Fsp3) is 0.333. The average Bonchev–Trinajstić information content (AvgIpc) is 3.26. The Kier molecular flexibility index (Phi) is 5.58. The summed E-state index contributed by atoms with van der Waals surface area (Å²) in [6, 6.07) is 10.4. The van der Waals surface area contributed by atoms with Gasteiger partial charge in [-0.15, -0.1) is 21.5 Å². The van der Waals surface area contributed by atoms with Crippen LogP contribution in [0.2, 0.25) is 0 Å². The number of hydrogen-bond acceptors (Lipinski definition) is 5. The Labute approximate surface area is 150 Å². The predicted octanol–water partition coefficient (Wildman–Crippen LogP) is 4.89. The molecule has 0 amide bonds. The molecule has 0 atom stereocenters. The van der Waals surface area contributed by atoms with E-state index in [1.165, 1.54) is 16.0 Å². The molecule has 0 aliphatic carbocycles. The van der Waals surface area contributed by atoms with Gasteiger partial charge < -0.3 is 9.30 Å². The Morgan fingerprint density at radius 2 is 2.08 bits per heavy atom. The van der Waals surface area contributed by atoms with Gasteiger partial charge in [0.05, 0.1) is 7.11 Å². The lowest BCUT2D eigenvalue weighted by Crippen LogP contribution is -1.99. The van der Waals surface area contributed by atoms with E-state index < -0.39 is 0 Å². The molecule has 3 aromatic rings. The number of thiophene rings is 1. The molecule has 0 N–H and O–H groups in total. The fourth-order valence-corrected chi connectivity index (χ4v) is 4.25. The molecule has 0 aliphatic heterocycles. The number of aromatic nitrogens is 3. The number of thioether (sulfide) groups is 1. The van der Waals surface area contributed by atoms with Crippen molar-refractivity contribution in [3.05, 3.63) is 46.2 Å². The number of hydrogen-bond donors (Lipinski definition) is 0.